The Hall–Kier alpha value is -2.15. The van der Waals surface area contributed by atoms with Crippen LogP contribution >= 0.6 is 11.6 Å². The molecule has 0 radical (unpaired) electrons. The monoisotopic (exact) mass is 386 g/mol. The number of fused-ring (bicyclic) bond motifs is 1. The second-order valence-corrected chi connectivity index (χ2v) is 6.31. The zero-order valence-corrected chi connectivity index (χ0v) is 14.4. The van der Waals surface area contributed by atoms with Gasteiger partial charge in [0.15, 0.2) is 17.5 Å². The van der Waals surface area contributed by atoms with E-state index in [0.29, 0.717) is 0 Å². The molecule has 0 fully saturated rings. The van der Waals surface area contributed by atoms with Crippen molar-refractivity contribution in [3.05, 3.63) is 58.3 Å². The van der Waals surface area contributed by atoms with Crippen molar-refractivity contribution in [2.75, 3.05) is 10.8 Å². The summed E-state index contributed by atoms with van der Waals surface area (Å²) in [6.45, 7) is -0.647. The molecule has 1 aromatic heterocycles. The molecule has 3 nitrogen and oxygen atoms in total. The van der Waals surface area contributed by atoms with Crippen LogP contribution in [0, 0.1) is 23.3 Å². The van der Waals surface area contributed by atoms with Gasteiger partial charge in [0.2, 0.25) is 5.91 Å². The topological polar surface area (TPSA) is 33.2 Å². The Balaban J connectivity index is 2.01. The molecule has 0 aliphatic heterocycles. The van der Waals surface area contributed by atoms with Crippen LogP contribution in [-0.2, 0) is 24.2 Å². The van der Waals surface area contributed by atoms with Crippen LogP contribution in [0.15, 0.2) is 18.2 Å². The molecule has 1 aliphatic carbocycles. The number of carbonyl (C=O) groups excluding carboxylic acids is 1. The molecule has 3 rings (SSSR count). The van der Waals surface area contributed by atoms with Crippen LogP contribution in [0.5, 0.6) is 0 Å². The molecule has 138 valence electrons. The van der Waals surface area contributed by atoms with E-state index in [1.54, 1.807) is 6.07 Å². The van der Waals surface area contributed by atoms with Gasteiger partial charge in [-0.1, -0.05) is 6.07 Å². The average Bonchev–Trinajstić information content (AvgIpc) is 2.65. The van der Waals surface area contributed by atoms with Gasteiger partial charge < -0.3 is 0 Å². The highest BCUT2D eigenvalue weighted by Gasteiger charge is 2.25. The van der Waals surface area contributed by atoms with Gasteiger partial charge in [-0.05, 0) is 37.3 Å². The van der Waals surface area contributed by atoms with Gasteiger partial charge in [-0.2, -0.15) is 0 Å². The summed E-state index contributed by atoms with van der Waals surface area (Å²) < 4.78 is 54.6. The number of nitrogens with zero attached hydrogens (tertiary/aromatic N) is 2. The van der Waals surface area contributed by atoms with Gasteiger partial charge in [0.1, 0.15) is 17.5 Å². The summed E-state index contributed by atoms with van der Waals surface area (Å²) in [6, 6.07) is 3.62. The quantitative estimate of drug-likeness (QED) is 0.340. The predicted octanol–water partition coefficient (Wildman–Crippen LogP) is 4.29. The molecule has 1 heterocycles. The van der Waals surface area contributed by atoms with Gasteiger partial charge in [-0.15, -0.1) is 11.6 Å². The van der Waals surface area contributed by atoms with Gasteiger partial charge in [0, 0.05) is 17.3 Å². The maximum absolute atomic E-state index is 14.0. The molecule has 1 aromatic carbocycles. The third-order valence-corrected chi connectivity index (χ3v) is 4.61. The number of aryl methyl sites for hydroxylation is 2. The lowest BCUT2D eigenvalue weighted by Gasteiger charge is -2.24. The van der Waals surface area contributed by atoms with Crippen LogP contribution in [0.25, 0.3) is 0 Å². The lowest BCUT2D eigenvalue weighted by atomic mass is 9.96. The largest absolute Gasteiger partial charge is 0.291 e. The van der Waals surface area contributed by atoms with Gasteiger partial charge in [-0.25, -0.2) is 22.5 Å². The number of alkyl halides is 1. The minimum absolute atomic E-state index is 0.167. The number of hydrogen-bond donors (Lipinski definition) is 0. The van der Waals surface area contributed by atoms with Gasteiger partial charge >= 0.3 is 0 Å². The van der Waals surface area contributed by atoms with E-state index in [-0.39, 0.29) is 11.9 Å². The summed E-state index contributed by atoms with van der Waals surface area (Å²) in [7, 11) is 0. The van der Waals surface area contributed by atoms with Crippen molar-refractivity contribution in [2.24, 2.45) is 0 Å². The molecule has 0 unspecified atom stereocenters. The van der Waals surface area contributed by atoms with E-state index in [1.807, 2.05) is 6.07 Å². The first kappa shape index (κ1) is 18.6. The molecular formula is C18H15ClF4N2O. The Kier molecular flexibility index (Phi) is 5.46. The van der Waals surface area contributed by atoms with Crippen molar-refractivity contribution in [2.45, 2.75) is 32.2 Å². The van der Waals surface area contributed by atoms with Gasteiger partial charge in [-0.3, -0.25) is 9.69 Å². The maximum Gasteiger partial charge on any atom is 0.243 e. The van der Waals surface area contributed by atoms with E-state index in [2.05, 4.69) is 4.98 Å². The van der Waals surface area contributed by atoms with Crippen LogP contribution in [0.1, 0.15) is 29.7 Å². The SMILES string of the molecule is O=C(CCl)N(Cc1c(F)cc(F)c(F)c1F)c1ccc2c(n1)CCCC2. The summed E-state index contributed by atoms with van der Waals surface area (Å²) in [5.74, 6) is -7.33. The summed E-state index contributed by atoms with van der Waals surface area (Å²) in [5, 5.41) is 0. The molecule has 26 heavy (non-hydrogen) atoms. The molecule has 0 N–H and O–H groups in total. The first-order valence-electron chi connectivity index (χ1n) is 8.09. The summed E-state index contributed by atoms with van der Waals surface area (Å²) in [5.41, 5.74) is 1.11. The fourth-order valence-corrected chi connectivity index (χ4v) is 3.14. The Morgan fingerprint density at radius 2 is 1.81 bits per heavy atom. The predicted molar refractivity (Wildman–Crippen MR) is 89.1 cm³/mol. The van der Waals surface area contributed by atoms with Crippen LogP contribution in [0.3, 0.4) is 0 Å². The van der Waals surface area contributed by atoms with E-state index in [9.17, 15) is 22.4 Å². The van der Waals surface area contributed by atoms with E-state index < -0.39 is 47.2 Å². The first-order valence-corrected chi connectivity index (χ1v) is 8.62. The van der Waals surface area contributed by atoms with Gasteiger partial charge in [0.25, 0.3) is 0 Å². The molecule has 0 atom stereocenters. The van der Waals surface area contributed by atoms with Crippen molar-refractivity contribution in [1.29, 1.82) is 0 Å². The van der Waals surface area contributed by atoms with Crippen molar-refractivity contribution >= 4 is 23.3 Å². The molecular weight excluding hydrogens is 372 g/mol. The summed E-state index contributed by atoms with van der Waals surface area (Å²) >= 11 is 5.60. The third-order valence-electron chi connectivity index (χ3n) is 4.38. The molecule has 0 saturated carbocycles. The number of rotatable bonds is 4. The van der Waals surface area contributed by atoms with Crippen LogP contribution < -0.4 is 4.90 Å². The summed E-state index contributed by atoms with van der Waals surface area (Å²) in [6.07, 6.45) is 3.61. The molecule has 0 bridgehead atoms. The second-order valence-electron chi connectivity index (χ2n) is 6.04. The van der Waals surface area contributed by atoms with Crippen molar-refractivity contribution in [3.63, 3.8) is 0 Å². The maximum atomic E-state index is 14.0. The summed E-state index contributed by atoms with van der Waals surface area (Å²) in [4.78, 5) is 17.6. The number of anilines is 1. The van der Waals surface area contributed by atoms with Gasteiger partial charge in [0.05, 0.1) is 6.54 Å². The van der Waals surface area contributed by atoms with Crippen molar-refractivity contribution in [1.82, 2.24) is 4.98 Å². The highest BCUT2D eigenvalue weighted by molar-refractivity contribution is 6.29. The number of hydrogen-bond acceptors (Lipinski definition) is 2. The standard InChI is InChI=1S/C18H15ClF4N2O/c19-8-16(26)25(9-11-12(20)7-13(21)18(23)17(11)22)15-6-5-10-3-1-2-4-14(10)24-15/h5-7H,1-4,8-9H2. The Morgan fingerprint density at radius 1 is 1.08 bits per heavy atom. The van der Waals surface area contributed by atoms with E-state index in [0.717, 1.165) is 41.8 Å². The molecule has 1 amide bonds. The minimum atomic E-state index is -1.79. The Labute approximate surface area is 152 Å². The van der Waals surface area contributed by atoms with Crippen molar-refractivity contribution < 1.29 is 22.4 Å². The minimum Gasteiger partial charge on any atom is -0.291 e. The molecule has 0 spiro atoms. The number of amides is 1. The molecule has 2 aromatic rings. The van der Waals surface area contributed by atoms with Crippen LogP contribution in [0.4, 0.5) is 23.4 Å². The lowest BCUT2D eigenvalue weighted by Crippen LogP contribution is -2.33. The fourth-order valence-electron chi connectivity index (χ4n) is 3.00. The lowest BCUT2D eigenvalue weighted by molar-refractivity contribution is -0.116. The Morgan fingerprint density at radius 3 is 2.54 bits per heavy atom. The second kappa shape index (κ2) is 7.61. The number of pyridine rings is 1. The fraction of sp³-hybridized carbons (Fsp3) is 0.333. The zero-order valence-electron chi connectivity index (χ0n) is 13.7. The average molecular weight is 387 g/mol. The normalized spacial score (nSPS) is 13.4. The van der Waals surface area contributed by atoms with E-state index in [4.69, 9.17) is 11.6 Å². The molecule has 8 heteroatoms. The number of aromatic nitrogens is 1. The smallest absolute Gasteiger partial charge is 0.243 e. The van der Waals surface area contributed by atoms with E-state index in [1.165, 1.54) is 0 Å². The highest BCUT2D eigenvalue weighted by atomic mass is 35.5. The number of carbonyl (C=O) groups is 1. The van der Waals surface area contributed by atoms with E-state index >= 15 is 0 Å². The third kappa shape index (κ3) is 3.53. The zero-order chi connectivity index (χ0) is 18.8. The molecule has 0 saturated heterocycles. The highest BCUT2D eigenvalue weighted by Crippen LogP contribution is 2.26. The Bertz CT molecular complexity index is 860. The molecule has 1 aliphatic rings. The van der Waals surface area contributed by atoms with Crippen molar-refractivity contribution in [3.8, 4) is 0 Å². The van der Waals surface area contributed by atoms with Crippen LogP contribution in [0.2, 0.25) is 0 Å². The number of benzene rings is 1. The van der Waals surface area contributed by atoms with Crippen LogP contribution in [-0.4, -0.2) is 16.8 Å². The first-order chi connectivity index (χ1) is 12.4. The number of halogens is 5.